The van der Waals surface area contributed by atoms with Crippen LogP contribution in [0.1, 0.15) is 19.3 Å². The summed E-state index contributed by atoms with van der Waals surface area (Å²) in [7, 11) is -3.65. The highest BCUT2D eigenvalue weighted by molar-refractivity contribution is 7.89. The second-order valence-corrected chi connectivity index (χ2v) is 6.25. The molecule has 1 rings (SSSR count). The monoisotopic (exact) mass is 300 g/mol. The van der Waals surface area contributed by atoms with Gasteiger partial charge in [-0.3, -0.25) is 4.79 Å². The van der Waals surface area contributed by atoms with Crippen LogP contribution in [0.15, 0.2) is 0 Å². The molecule has 0 aromatic carbocycles. The molecule has 6 nitrogen and oxygen atoms in total. The zero-order valence-electron chi connectivity index (χ0n) is 10.4. The molecule has 0 radical (unpaired) electrons. The van der Waals surface area contributed by atoms with E-state index in [1.165, 1.54) is 4.90 Å². The van der Waals surface area contributed by atoms with E-state index < -0.39 is 28.3 Å². The summed E-state index contributed by atoms with van der Waals surface area (Å²) >= 11 is 0. The summed E-state index contributed by atoms with van der Waals surface area (Å²) in [5.41, 5.74) is 0. The van der Waals surface area contributed by atoms with E-state index in [0.29, 0.717) is 19.4 Å². The van der Waals surface area contributed by atoms with Crippen molar-refractivity contribution in [1.29, 1.82) is 0 Å². The molecule has 19 heavy (non-hydrogen) atoms. The number of likely N-dealkylation sites (tertiary alicyclic amines) is 1. The lowest BCUT2D eigenvalue weighted by atomic mass is 10.1. The molecule has 112 valence electrons. The van der Waals surface area contributed by atoms with Gasteiger partial charge in [0, 0.05) is 13.1 Å². The van der Waals surface area contributed by atoms with Crippen LogP contribution in [0.3, 0.4) is 0 Å². The number of carbonyl (C=O) groups excluding carboxylic acids is 1. The summed E-state index contributed by atoms with van der Waals surface area (Å²) in [6.45, 7) is -0.279. The second-order valence-electron chi connectivity index (χ2n) is 4.41. The third-order valence-corrected chi connectivity index (χ3v) is 4.21. The van der Waals surface area contributed by atoms with Crippen molar-refractivity contribution in [1.82, 2.24) is 4.90 Å². The summed E-state index contributed by atoms with van der Waals surface area (Å²) in [6, 6.07) is 0. The van der Waals surface area contributed by atoms with E-state index in [1.807, 2.05) is 0 Å². The smallest absolute Gasteiger partial charge is 0.261 e. The quantitative estimate of drug-likeness (QED) is 0.696. The number of sulfonamides is 1. The topological polar surface area (TPSA) is 89.7 Å². The van der Waals surface area contributed by atoms with E-state index in [4.69, 9.17) is 5.14 Å². The number of amides is 1. The molecule has 0 bridgehead atoms. The van der Waals surface area contributed by atoms with Gasteiger partial charge in [-0.25, -0.2) is 22.3 Å². The summed E-state index contributed by atoms with van der Waals surface area (Å²) in [5, 5.41) is 4.31. The molecule has 2 N–H and O–H groups in total. The summed E-state index contributed by atoms with van der Waals surface area (Å²) in [6.07, 6.45) is -1.60. The zero-order valence-corrected chi connectivity index (χ0v) is 11.2. The van der Waals surface area contributed by atoms with Crippen molar-refractivity contribution in [3.63, 3.8) is 0 Å². The first-order valence-corrected chi connectivity index (χ1v) is 7.57. The first-order chi connectivity index (χ1) is 8.80. The molecule has 0 saturated carbocycles. The number of halogens is 2. The number of ether oxygens (including phenoxy) is 1. The minimum Gasteiger partial charge on any atom is -0.375 e. The van der Waals surface area contributed by atoms with Gasteiger partial charge >= 0.3 is 0 Å². The van der Waals surface area contributed by atoms with E-state index in [1.54, 1.807) is 0 Å². The van der Waals surface area contributed by atoms with Crippen LogP contribution in [-0.2, 0) is 19.6 Å². The molecule has 0 spiro atoms. The molecule has 1 atom stereocenters. The van der Waals surface area contributed by atoms with Crippen LogP contribution in [0.25, 0.3) is 0 Å². The number of primary sulfonamides is 1. The minimum atomic E-state index is -3.65. The van der Waals surface area contributed by atoms with Crippen molar-refractivity contribution in [3.8, 4) is 0 Å². The third kappa shape index (κ3) is 5.79. The number of rotatable bonds is 6. The summed E-state index contributed by atoms with van der Waals surface area (Å²) in [5.74, 6) is -0.303. The standard InChI is InChI=1S/C10H18F2N2O4S/c11-9(12)7-18-5-3-10(15)14-4-1-2-8(6-14)19(13,16)17/h8-9H,1-7H2,(H2,13,16,17). The predicted molar refractivity (Wildman–Crippen MR) is 64.1 cm³/mol. The Morgan fingerprint density at radius 3 is 2.74 bits per heavy atom. The van der Waals surface area contributed by atoms with Gasteiger partial charge in [-0.05, 0) is 12.8 Å². The number of nitrogens with zero attached hydrogens (tertiary/aromatic N) is 1. The van der Waals surface area contributed by atoms with Crippen molar-refractivity contribution in [2.24, 2.45) is 5.14 Å². The number of hydrogen-bond acceptors (Lipinski definition) is 4. The number of carbonyl (C=O) groups is 1. The Kier molecular flexibility index (Phi) is 6.08. The number of hydrogen-bond donors (Lipinski definition) is 1. The highest BCUT2D eigenvalue weighted by atomic mass is 32.2. The fourth-order valence-corrected chi connectivity index (χ4v) is 2.81. The minimum absolute atomic E-state index is 0.0376. The number of alkyl halides is 2. The molecule has 1 fully saturated rings. The molecule has 0 aliphatic carbocycles. The van der Waals surface area contributed by atoms with Gasteiger partial charge in [0.25, 0.3) is 6.43 Å². The maximum absolute atomic E-state index is 11.8. The SMILES string of the molecule is NS(=O)(=O)C1CCCN(C(=O)CCOCC(F)F)C1. The molecule has 1 heterocycles. The van der Waals surface area contributed by atoms with Crippen molar-refractivity contribution in [3.05, 3.63) is 0 Å². The molecular weight excluding hydrogens is 282 g/mol. The Labute approximate surface area is 110 Å². The van der Waals surface area contributed by atoms with Crippen molar-refractivity contribution < 1.29 is 26.7 Å². The van der Waals surface area contributed by atoms with E-state index >= 15 is 0 Å². The maximum atomic E-state index is 11.8. The summed E-state index contributed by atoms with van der Waals surface area (Å²) < 4.78 is 50.6. The fraction of sp³-hybridized carbons (Fsp3) is 0.900. The molecular formula is C10H18F2N2O4S. The van der Waals surface area contributed by atoms with Crippen LogP contribution in [0, 0.1) is 0 Å². The van der Waals surface area contributed by atoms with E-state index in [0.717, 1.165) is 0 Å². The summed E-state index contributed by atoms with van der Waals surface area (Å²) in [4.78, 5) is 13.1. The first kappa shape index (κ1) is 16.3. The van der Waals surface area contributed by atoms with Gasteiger partial charge in [0.1, 0.15) is 6.61 Å². The van der Waals surface area contributed by atoms with Crippen molar-refractivity contribution in [2.45, 2.75) is 30.9 Å². The Morgan fingerprint density at radius 1 is 1.47 bits per heavy atom. The first-order valence-electron chi connectivity index (χ1n) is 5.96. The molecule has 0 aromatic rings. The largest absolute Gasteiger partial charge is 0.375 e. The van der Waals surface area contributed by atoms with Crippen LogP contribution < -0.4 is 5.14 Å². The molecule has 1 amide bonds. The highest BCUT2D eigenvalue weighted by Gasteiger charge is 2.30. The highest BCUT2D eigenvalue weighted by Crippen LogP contribution is 2.16. The fourth-order valence-electron chi connectivity index (χ4n) is 1.92. The van der Waals surface area contributed by atoms with Crippen LogP contribution in [0.5, 0.6) is 0 Å². The predicted octanol–water partition coefficient (Wildman–Crippen LogP) is -0.0623. The van der Waals surface area contributed by atoms with Gasteiger partial charge in [-0.15, -0.1) is 0 Å². The van der Waals surface area contributed by atoms with Crippen molar-refractivity contribution in [2.75, 3.05) is 26.3 Å². The van der Waals surface area contributed by atoms with Gasteiger partial charge in [0.2, 0.25) is 15.9 Å². The molecule has 1 aliphatic heterocycles. The second kappa shape index (κ2) is 7.11. The lowest BCUT2D eigenvalue weighted by Crippen LogP contribution is -2.47. The zero-order chi connectivity index (χ0) is 14.5. The van der Waals surface area contributed by atoms with Crippen LogP contribution in [0.2, 0.25) is 0 Å². The number of nitrogens with two attached hydrogens (primary N) is 1. The normalized spacial score (nSPS) is 20.8. The Bertz CT molecular complexity index is 402. The van der Waals surface area contributed by atoms with Crippen LogP contribution in [-0.4, -0.2) is 57.2 Å². The van der Waals surface area contributed by atoms with Gasteiger partial charge < -0.3 is 9.64 Å². The average molecular weight is 300 g/mol. The molecule has 9 heteroatoms. The maximum Gasteiger partial charge on any atom is 0.261 e. The third-order valence-electron chi connectivity index (χ3n) is 2.90. The lowest BCUT2D eigenvalue weighted by molar-refractivity contribution is -0.133. The molecule has 1 saturated heterocycles. The van der Waals surface area contributed by atoms with E-state index in [-0.39, 0.29) is 25.5 Å². The van der Waals surface area contributed by atoms with Gasteiger partial charge in [0.05, 0.1) is 18.3 Å². The Morgan fingerprint density at radius 2 is 2.16 bits per heavy atom. The van der Waals surface area contributed by atoms with Crippen LogP contribution >= 0.6 is 0 Å². The van der Waals surface area contributed by atoms with Gasteiger partial charge in [-0.2, -0.15) is 0 Å². The molecule has 0 aromatic heterocycles. The van der Waals surface area contributed by atoms with Crippen LogP contribution in [0.4, 0.5) is 8.78 Å². The molecule has 1 aliphatic rings. The lowest BCUT2D eigenvalue weighted by Gasteiger charge is -2.31. The van der Waals surface area contributed by atoms with E-state index in [2.05, 4.69) is 4.74 Å². The van der Waals surface area contributed by atoms with Gasteiger partial charge in [-0.1, -0.05) is 0 Å². The Hall–Kier alpha value is -0.800. The average Bonchev–Trinajstić information content (AvgIpc) is 2.33. The Balaban J connectivity index is 2.36. The van der Waals surface area contributed by atoms with Crippen molar-refractivity contribution >= 4 is 15.9 Å². The molecule has 1 unspecified atom stereocenters. The van der Waals surface area contributed by atoms with Gasteiger partial charge in [0.15, 0.2) is 0 Å². The van der Waals surface area contributed by atoms with E-state index in [9.17, 15) is 22.0 Å². The number of piperidine rings is 1.